The van der Waals surface area contributed by atoms with Crippen LogP contribution >= 0.6 is 0 Å². The van der Waals surface area contributed by atoms with Crippen molar-refractivity contribution in [3.05, 3.63) is 39.9 Å². The molecule has 1 N–H and O–H groups in total. The maximum Gasteiger partial charge on any atom is 0.429 e. The molecule has 8 heteroatoms. The molecule has 0 aliphatic rings. The van der Waals surface area contributed by atoms with Crippen molar-refractivity contribution in [2.45, 2.75) is 40.2 Å². The second-order valence-corrected chi connectivity index (χ2v) is 6.48. The first-order valence-corrected chi connectivity index (χ1v) is 7.83. The molecule has 0 saturated carbocycles. The second kappa shape index (κ2) is 6.54. The Kier molecular flexibility index (Phi) is 4.82. The van der Waals surface area contributed by atoms with E-state index in [9.17, 15) is 19.5 Å². The Hall–Kier alpha value is -2.90. The Balaban J connectivity index is 2.78. The van der Waals surface area contributed by atoms with Crippen LogP contribution in [0.15, 0.2) is 23.1 Å². The van der Waals surface area contributed by atoms with Gasteiger partial charge in [0.05, 0.1) is 16.6 Å². The molecule has 0 atom stereocenters. The first-order chi connectivity index (χ1) is 11.6. The van der Waals surface area contributed by atoms with Crippen molar-refractivity contribution in [3.8, 4) is 0 Å². The van der Waals surface area contributed by atoms with E-state index in [1.54, 1.807) is 33.8 Å². The van der Waals surface area contributed by atoms with Crippen LogP contribution in [-0.4, -0.2) is 39.0 Å². The number of hydrogen-bond donors (Lipinski definition) is 1. The first-order valence-electron chi connectivity index (χ1n) is 7.83. The third-order valence-corrected chi connectivity index (χ3v) is 3.51. The average Bonchev–Trinajstić information content (AvgIpc) is 2.49. The fraction of sp³-hybridized carbons (Fsp3) is 0.412. The van der Waals surface area contributed by atoms with Crippen LogP contribution in [0.4, 0.5) is 4.79 Å². The van der Waals surface area contributed by atoms with Crippen molar-refractivity contribution in [2.24, 2.45) is 0 Å². The number of pyridine rings is 2. The van der Waals surface area contributed by atoms with Crippen LogP contribution in [0.3, 0.4) is 0 Å². The van der Waals surface area contributed by atoms with E-state index < -0.39 is 23.2 Å². The maximum absolute atomic E-state index is 12.9. The topological polar surface area (TPSA) is 102 Å². The zero-order valence-corrected chi connectivity index (χ0v) is 14.9. The summed E-state index contributed by atoms with van der Waals surface area (Å²) < 4.78 is 6.37. The molecule has 2 heterocycles. The van der Waals surface area contributed by atoms with Crippen LogP contribution in [0.5, 0.6) is 0 Å². The van der Waals surface area contributed by atoms with Gasteiger partial charge in [0.15, 0.2) is 0 Å². The standard InChI is InChI=1S/C17H21N3O5/c1-6-19(16(24)25-17(3,4)5)20-10(2)12(15(22)23)13-11(14(20)21)8-7-9-18-13/h7-9H,6H2,1-5H3,(H,22,23). The van der Waals surface area contributed by atoms with E-state index in [1.165, 1.54) is 19.2 Å². The number of aromatic nitrogens is 2. The van der Waals surface area contributed by atoms with E-state index in [4.69, 9.17) is 4.74 Å². The summed E-state index contributed by atoms with van der Waals surface area (Å²) in [4.78, 5) is 41.1. The Morgan fingerprint density at radius 1 is 1.36 bits per heavy atom. The third-order valence-electron chi connectivity index (χ3n) is 3.51. The van der Waals surface area contributed by atoms with Crippen molar-refractivity contribution in [1.29, 1.82) is 0 Å². The average molecular weight is 347 g/mol. The van der Waals surface area contributed by atoms with Gasteiger partial charge in [0.25, 0.3) is 5.56 Å². The highest BCUT2D eigenvalue weighted by Gasteiger charge is 2.28. The van der Waals surface area contributed by atoms with E-state index in [1.807, 2.05) is 0 Å². The van der Waals surface area contributed by atoms with Gasteiger partial charge in [-0.25, -0.2) is 19.3 Å². The Morgan fingerprint density at radius 2 is 2.00 bits per heavy atom. The summed E-state index contributed by atoms with van der Waals surface area (Å²) in [6.45, 7) is 8.39. The lowest BCUT2D eigenvalue weighted by Gasteiger charge is -2.29. The van der Waals surface area contributed by atoms with Crippen LogP contribution in [0.1, 0.15) is 43.7 Å². The molecule has 2 aromatic heterocycles. The summed E-state index contributed by atoms with van der Waals surface area (Å²) in [5, 5.41) is 10.8. The molecule has 0 spiro atoms. The minimum atomic E-state index is -1.23. The van der Waals surface area contributed by atoms with Gasteiger partial charge in [-0.05, 0) is 46.8 Å². The minimum Gasteiger partial charge on any atom is -0.478 e. The number of fused-ring (bicyclic) bond motifs is 1. The molecular formula is C17H21N3O5. The van der Waals surface area contributed by atoms with E-state index in [0.717, 1.165) is 9.69 Å². The van der Waals surface area contributed by atoms with Gasteiger partial charge in [-0.3, -0.25) is 9.78 Å². The molecule has 25 heavy (non-hydrogen) atoms. The lowest BCUT2D eigenvalue weighted by atomic mass is 10.1. The molecule has 0 unspecified atom stereocenters. The van der Waals surface area contributed by atoms with Crippen molar-refractivity contribution >= 4 is 23.0 Å². The lowest BCUT2D eigenvalue weighted by Crippen LogP contribution is -2.50. The van der Waals surface area contributed by atoms with E-state index in [2.05, 4.69) is 4.98 Å². The summed E-state index contributed by atoms with van der Waals surface area (Å²) in [6.07, 6.45) is 0.684. The molecule has 0 radical (unpaired) electrons. The predicted octanol–water partition coefficient (Wildman–Crippen LogP) is 2.30. The highest BCUT2D eigenvalue weighted by Crippen LogP contribution is 2.18. The summed E-state index contributed by atoms with van der Waals surface area (Å²) in [5.74, 6) is -1.23. The molecule has 0 fully saturated rings. The van der Waals surface area contributed by atoms with E-state index in [-0.39, 0.29) is 28.7 Å². The molecule has 0 aliphatic carbocycles. The summed E-state index contributed by atoms with van der Waals surface area (Å²) in [7, 11) is 0. The number of amides is 1. The van der Waals surface area contributed by atoms with E-state index >= 15 is 0 Å². The fourth-order valence-electron chi connectivity index (χ4n) is 2.53. The number of rotatable bonds is 3. The predicted molar refractivity (Wildman–Crippen MR) is 92.7 cm³/mol. The SMILES string of the molecule is CCN(C(=O)OC(C)(C)C)n1c(C)c(C(=O)O)c2ncccc2c1=O. The minimum absolute atomic E-state index is 0.0917. The second-order valence-electron chi connectivity index (χ2n) is 6.48. The molecule has 2 aromatic rings. The number of carbonyl (C=O) groups excluding carboxylic acids is 1. The van der Waals surface area contributed by atoms with Gasteiger partial charge in [0.2, 0.25) is 0 Å². The molecule has 0 aromatic carbocycles. The highest BCUT2D eigenvalue weighted by atomic mass is 16.6. The zero-order chi connectivity index (χ0) is 18.9. The zero-order valence-electron chi connectivity index (χ0n) is 14.9. The largest absolute Gasteiger partial charge is 0.478 e. The van der Waals surface area contributed by atoms with Gasteiger partial charge in [-0.2, -0.15) is 0 Å². The van der Waals surface area contributed by atoms with Gasteiger partial charge >= 0.3 is 12.1 Å². The van der Waals surface area contributed by atoms with Crippen LogP contribution in [0, 0.1) is 6.92 Å². The molecule has 0 aliphatic heterocycles. The van der Waals surface area contributed by atoms with Crippen molar-refractivity contribution in [1.82, 2.24) is 9.66 Å². The van der Waals surface area contributed by atoms with E-state index in [0.29, 0.717) is 0 Å². The number of aromatic carboxylic acids is 1. The molecule has 0 saturated heterocycles. The van der Waals surface area contributed by atoms with Crippen LogP contribution in [0.2, 0.25) is 0 Å². The molecule has 1 amide bonds. The van der Waals surface area contributed by atoms with Crippen molar-refractivity contribution < 1.29 is 19.4 Å². The molecule has 134 valence electrons. The summed E-state index contributed by atoms with van der Waals surface area (Å²) in [6, 6.07) is 3.02. The summed E-state index contributed by atoms with van der Waals surface area (Å²) in [5.41, 5.74) is -1.21. The Labute approximate surface area is 144 Å². The molecule has 2 rings (SSSR count). The lowest BCUT2D eigenvalue weighted by molar-refractivity contribution is 0.0535. The van der Waals surface area contributed by atoms with Gasteiger partial charge in [-0.15, -0.1) is 0 Å². The number of nitrogens with zero attached hydrogens (tertiary/aromatic N) is 3. The molecule has 0 bridgehead atoms. The van der Waals surface area contributed by atoms with Gasteiger partial charge in [0, 0.05) is 12.7 Å². The summed E-state index contributed by atoms with van der Waals surface area (Å²) >= 11 is 0. The number of carbonyl (C=O) groups is 2. The molecular weight excluding hydrogens is 326 g/mol. The number of carboxylic acid groups (broad SMARTS) is 1. The van der Waals surface area contributed by atoms with Gasteiger partial charge < -0.3 is 9.84 Å². The smallest absolute Gasteiger partial charge is 0.429 e. The Morgan fingerprint density at radius 3 is 2.52 bits per heavy atom. The van der Waals surface area contributed by atoms with Crippen molar-refractivity contribution in [3.63, 3.8) is 0 Å². The normalized spacial score (nSPS) is 11.4. The van der Waals surface area contributed by atoms with Crippen LogP contribution in [0.25, 0.3) is 10.9 Å². The highest BCUT2D eigenvalue weighted by molar-refractivity contribution is 6.02. The fourth-order valence-corrected chi connectivity index (χ4v) is 2.53. The van der Waals surface area contributed by atoms with Crippen molar-refractivity contribution in [2.75, 3.05) is 11.6 Å². The van der Waals surface area contributed by atoms with Gasteiger partial charge in [-0.1, -0.05) is 0 Å². The monoisotopic (exact) mass is 347 g/mol. The number of carboxylic acids is 1. The Bertz CT molecular complexity index is 896. The molecule has 8 nitrogen and oxygen atoms in total. The maximum atomic E-state index is 12.9. The third kappa shape index (κ3) is 3.47. The van der Waals surface area contributed by atoms with Gasteiger partial charge in [0.1, 0.15) is 11.2 Å². The number of ether oxygens (including phenoxy) is 1. The van der Waals surface area contributed by atoms with Crippen LogP contribution < -0.4 is 10.6 Å². The number of hydrogen-bond acceptors (Lipinski definition) is 5. The van der Waals surface area contributed by atoms with Crippen LogP contribution in [-0.2, 0) is 4.74 Å². The first kappa shape index (κ1) is 18.4. The quantitative estimate of drug-likeness (QED) is 0.914.